The van der Waals surface area contributed by atoms with E-state index in [0.29, 0.717) is 17.5 Å². The molecular formula is C15H21BrFNO. The maximum atomic E-state index is 13.8. The highest BCUT2D eigenvalue weighted by molar-refractivity contribution is 9.10. The molecule has 1 aromatic rings. The van der Waals surface area contributed by atoms with Gasteiger partial charge >= 0.3 is 0 Å². The van der Waals surface area contributed by atoms with Gasteiger partial charge in [0.2, 0.25) is 0 Å². The van der Waals surface area contributed by atoms with Crippen LogP contribution in [0.1, 0.15) is 38.3 Å². The monoisotopic (exact) mass is 329 g/mol. The minimum Gasteiger partial charge on any atom is -0.381 e. The molecule has 0 radical (unpaired) electrons. The van der Waals surface area contributed by atoms with E-state index in [-0.39, 0.29) is 11.9 Å². The Morgan fingerprint density at radius 2 is 2.00 bits per heavy atom. The first-order valence-electron chi connectivity index (χ1n) is 6.86. The van der Waals surface area contributed by atoms with E-state index in [1.54, 1.807) is 6.07 Å². The molecular weight excluding hydrogens is 309 g/mol. The first kappa shape index (κ1) is 14.9. The van der Waals surface area contributed by atoms with Crippen molar-refractivity contribution in [2.75, 3.05) is 13.2 Å². The highest BCUT2D eigenvalue weighted by Crippen LogP contribution is 2.25. The van der Waals surface area contributed by atoms with Crippen LogP contribution in [-0.2, 0) is 4.74 Å². The van der Waals surface area contributed by atoms with Crippen molar-refractivity contribution in [3.63, 3.8) is 0 Å². The molecule has 19 heavy (non-hydrogen) atoms. The summed E-state index contributed by atoms with van der Waals surface area (Å²) in [6.45, 7) is 5.88. The van der Waals surface area contributed by atoms with Crippen molar-refractivity contribution in [3.05, 3.63) is 34.1 Å². The smallest absolute Gasteiger partial charge is 0.128 e. The summed E-state index contributed by atoms with van der Waals surface area (Å²) in [5.41, 5.74) is 0.716. The van der Waals surface area contributed by atoms with Gasteiger partial charge in [0.1, 0.15) is 5.82 Å². The van der Waals surface area contributed by atoms with E-state index < -0.39 is 0 Å². The van der Waals surface area contributed by atoms with E-state index in [9.17, 15) is 4.39 Å². The van der Waals surface area contributed by atoms with Crippen LogP contribution in [0.25, 0.3) is 0 Å². The van der Waals surface area contributed by atoms with Gasteiger partial charge in [-0.2, -0.15) is 0 Å². The van der Waals surface area contributed by atoms with Gasteiger partial charge in [-0.05, 0) is 50.8 Å². The van der Waals surface area contributed by atoms with Gasteiger partial charge in [-0.15, -0.1) is 0 Å². The number of hydrogen-bond donors (Lipinski definition) is 1. The Morgan fingerprint density at radius 3 is 2.68 bits per heavy atom. The zero-order valence-electron chi connectivity index (χ0n) is 11.5. The van der Waals surface area contributed by atoms with Crippen LogP contribution in [0, 0.1) is 11.7 Å². The van der Waals surface area contributed by atoms with Crippen LogP contribution >= 0.6 is 15.9 Å². The third kappa shape index (κ3) is 4.01. The topological polar surface area (TPSA) is 21.3 Å². The molecule has 1 fully saturated rings. The zero-order valence-corrected chi connectivity index (χ0v) is 13.0. The van der Waals surface area contributed by atoms with Crippen molar-refractivity contribution < 1.29 is 9.13 Å². The molecule has 106 valence electrons. The van der Waals surface area contributed by atoms with Gasteiger partial charge in [0.15, 0.2) is 0 Å². The second kappa shape index (κ2) is 6.82. The van der Waals surface area contributed by atoms with E-state index >= 15 is 0 Å². The van der Waals surface area contributed by atoms with Crippen molar-refractivity contribution in [1.29, 1.82) is 0 Å². The molecule has 4 heteroatoms. The molecule has 2 nitrogen and oxygen atoms in total. The molecule has 2 atom stereocenters. The van der Waals surface area contributed by atoms with Gasteiger partial charge in [-0.3, -0.25) is 0 Å². The molecule has 0 amide bonds. The summed E-state index contributed by atoms with van der Waals surface area (Å²) in [7, 11) is 0. The SMILES string of the molecule is CC(NC(C)C1CCOCC1)c1cc(Br)ccc1F. The summed E-state index contributed by atoms with van der Waals surface area (Å²) in [6, 6.07) is 5.47. The molecule has 1 N–H and O–H groups in total. The van der Waals surface area contributed by atoms with Gasteiger partial charge in [-0.25, -0.2) is 4.39 Å². The minimum absolute atomic E-state index is 0.00958. The van der Waals surface area contributed by atoms with Crippen molar-refractivity contribution >= 4 is 15.9 Å². The van der Waals surface area contributed by atoms with Crippen molar-refractivity contribution in [2.45, 2.75) is 38.8 Å². The number of nitrogens with one attached hydrogen (secondary N) is 1. The highest BCUT2D eigenvalue weighted by atomic mass is 79.9. The summed E-state index contributed by atoms with van der Waals surface area (Å²) >= 11 is 3.40. The Morgan fingerprint density at radius 1 is 1.32 bits per heavy atom. The predicted molar refractivity (Wildman–Crippen MR) is 78.7 cm³/mol. The Labute approximate surface area is 122 Å². The van der Waals surface area contributed by atoms with Crippen LogP contribution in [0.4, 0.5) is 4.39 Å². The third-order valence-electron chi connectivity index (χ3n) is 3.91. The molecule has 0 aliphatic carbocycles. The number of ether oxygens (including phenoxy) is 1. The number of benzene rings is 1. The predicted octanol–water partition coefficient (Wildman–Crippen LogP) is 4.05. The summed E-state index contributed by atoms with van der Waals surface area (Å²) in [6.07, 6.45) is 2.17. The van der Waals surface area contributed by atoms with E-state index in [0.717, 1.165) is 30.5 Å². The van der Waals surface area contributed by atoms with Crippen LogP contribution in [0.15, 0.2) is 22.7 Å². The molecule has 1 aliphatic rings. The first-order valence-corrected chi connectivity index (χ1v) is 7.66. The molecule has 1 saturated heterocycles. The number of hydrogen-bond acceptors (Lipinski definition) is 2. The lowest BCUT2D eigenvalue weighted by atomic mass is 9.92. The fraction of sp³-hybridized carbons (Fsp3) is 0.600. The molecule has 0 bridgehead atoms. The summed E-state index contributed by atoms with van der Waals surface area (Å²) in [4.78, 5) is 0. The Balaban J connectivity index is 1.99. The second-order valence-corrected chi connectivity index (χ2v) is 6.21. The molecule has 1 heterocycles. The lowest BCUT2D eigenvalue weighted by molar-refractivity contribution is 0.0546. The van der Waals surface area contributed by atoms with E-state index in [1.165, 1.54) is 6.07 Å². The van der Waals surface area contributed by atoms with Crippen molar-refractivity contribution in [3.8, 4) is 0 Å². The van der Waals surface area contributed by atoms with Crippen molar-refractivity contribution in [1.82, 2.24) is 5.32 Å². The van der Waals surface area contributed by atoms with Crippen molar-refractivity contribution in [2.24, 2.45) is 5.92 Å². The molecule has 0 aromatic heterocycles. The molecule has 1 aliphatic heterocycles. The van der Waals surface area contributed by atoms with Gasteiger partial charge in [0.05, 0.1) is 0 Å². The maximum Gasteiger partial charge on any atom is 0.128 e. The van der Waals surface area contributed by atoms with E-state index in [4.69, 9.17) is 4.74 Å². The summed E-state index contributed by atoms with van der Waals surface area (Å²) in [5, 5.41) is 3.52. The molecule has 2 rings (SSSR count). The van der Waals surface area contributed by atoms with Crippen LogP contribution in [0.3, 0.4) is 0 Å². The molecule has 1 aromatic carbocycles. The van der Waals surface area contributed by atoms with Crippen LogP contribution in [0.5, 0.6) is 0 Å². The third-order valence-corrected chi connectivity index (χ3v) is 4.40. The molecule has 0 spiro atoms. The van der Waals surface area contributed by atoms with Crippen LogP contribution < -0.4 is 5.32 Å². The molecule has 0 saturated carbocycles. The fourth-order valence-electron chi connectivity index (χ4n) is 2.68. The normalized spacial score (nSPS) is 20.2. The average molecular weight is 330 g/mol. The van der Waals surface area contributed by atoms with Gasteiger partial charge < -0.3 is 10.1 Å². The van der Waals surface area contributed by atoms with Crippen LogP contribution in [-0.4, -0.2) is 19.3 Å². The summed E-state index contributed by atoms with van der Waals surface area (Å²) < 4.78 is 20.1. The number of halogens is 2. The Kier molecular flexibility index (Phi) is 5.37. The van der Waals surface area contributed by atoms with E-state index in [1.807, 2.05) is 13.0 Å². The quantitative estimate of drug-likeness (QED) is 0.899. The Hall–Kier alpha value is -0.450. The van der Waals surface area contributed by atoms with Gasteiger partial charge in [0.25, 0.3) is 0 Å². The summed E-state index contributed by atoms with van der Waals surface area (Å²) in [5.74, 6) is 0.466. The van der Waals surface area contributed by atoms with Gasteiger partial charge in [-0.1, -0.05) is 15.9 Å². The minimum atomic E-state index is -0.151. The molecule has 2 unspecified atom stereocenters. The standard InChI is InChI=1S/C15H21BrFNO/c1-10(12-5-7-19-8-6-12)18-11(2)14-9-13(16)3-4-15(14)17/h3-4,9-12,18H,5-8H2,1-2H3. The largest absolute Gasteiger partial charge is 0.381 e. The number of rotatable bonds is 4. The van der Waals surface area contributed by atoms with Gasteiger partial charge in [0, 0.05) is 35.3 Å². The Bertz CT molecular complexity index is 421. The second-order valence-electron chi connectivity index (χ2n) is 5.29. The van der Waals surface area contributed by atoms with Crippen LogP contribution in [0.2, 0.25) is 0 Å². The zero-order chi connectivity index (χ0) is 13.8. The maximum absolute atomic E-state index is 13.8. The van der Waals surface area contributed by atoms with E-state index in [2.05, 4.69) is 28.2 Å². The first-order chi connectivity index (χ1) is 9.08. The lowest BCUT2D eigenvalue weighted by Crippen LogP contribution is -2.38. The average Bonchev–Trinajstić information content (AvgIpc) is 2.42. The highest BCUT2D eigenvalue weighted by Gasteiger charge is 2.22. The lowest BCUT2D eigenvalue weighted by Gasteiger charge is -2.31. The fourth-order valence-corrected chi connectivity index (χ4v) is 3.06.